The summed E-state index contributed by atoms with van der Waals surface area (Å²) in [5.41, 5.74) is 1.29. The Labute approximate surface area is 78.7 Å². The number of aromatic amines is 1. The van der Waals surface area contributed by atoms with Crippen LogP contribution >= 0.6 is 31.9 Å². The van der Waals surface area contributed by atoms with Gasteiger partial charge in [-0.05, 0) is 31.9 Å². The van der Waals surface area contributed by atoms with Crippen LogP contribution in [0.5, 0.6) is 0 Å². The predicted octanol–water partition coefficient (Wildman–Crippen LogP) is 1.88. The first-order valence-electron chi connectivity index (χ1n) is 2.79. The van der Waals surface area contributed by atoms with Crippen molar-refractivity contribution in [3.8, 4) is 0 Å². The molecule has 2 rings (SSSR count). The van der Waals surface area contributed by atoms with Crippen LogP contribution in [0.25, 0.3) is 11.3 Å². The average molecular weight is 278 g/mol. The van der Waals surface area contributed by atoms with Crippen LogP contribution in [0.2, 0.25) is 0 Å². The van der Waals surface area contributed by atoms with Gasteiger partial charge in [-0.15, -0.1) is 0 Å². The highest BCUT2D eigenvalue weighted by atomic mass is 79.9. The monoisotopic (exact) mass is 276 g/mol. The highest BCUT2D eigenvalue weighted by Gasteiger charge is 2.03. The highest BCUT2D eigenvalue weighted by Crippen LogP contribution is 2.19. The molecule has 0 saturated heterocycles. The summed E-state index contributed by atoms with van der Waals surface area (Å²) in [5.74, 6) is 0. The Kier molecular flexibility index (Phi) is 1.65. The van der Waals surface area contributed by atoms with Gasteiger partial charge in [-0.3, -0.25) is 0 Å². The minimum Gasteiger partial charge on any atom is -0.328 e. The van der Waals surface area contributed by atoms with Gasteiger partial charge in [0.2, 0.25) is 0 Å². The van der Waals surface area contributed by atoms with Crippen molar-refractivity contribution in [3.63, 3.8) is 0 Å². The van der Waals surface area contributed by atoms with Gasteiger partial charge in [0.1, 0.15) is 9.21 Å². The van der Waals surface area contributed by atoms with Gasteiger partial charge in [0.05, 0.1) is 6.33 Å². The number of hydrogen-bond acceptors (Lipinski definition) is 3. The van der Waals surface area contributed by atoms with Crippen LogP contribution in [-0.4, -0.2) is 19.9 Å². The van der Waals surface area contributed by atoms with Crippen molar-refractivity contribution < 1.29 is 0 Å². The fraction of sp³-hybridized carbons (Fsp3) is 0. The van der Waals surface area contributed by atoms with E-state index in [2.05, 4.69) is 51.8 Å². The first kappa shape index (κ1) is 7.17. The number of H-pyrrole nitrogens is 1. The summed E-state index contributed by atoms with van der Waals surface area (Å²) in [4.78, 5) is 15.0. The number of imidazole rings is 1. The molecule has 0 radical (unpaired) electrons. The second kappa shape index (κ2) is 2.53. The van der Waals surface area contributed by atoms with Gasteiger partial charge in [0.15, 0.2) is 11.3 Å². The summed E-state index contributed by atoms with van der Waals surface area (Å²) < 4.78 is 1.34. The molecule has 6 heteroatoms. The van der Waals surface area contributed by atoms with Gasteiger partial charge in [-0.2, -0.15) is 0 Å². The summed E-state index contributed by atoms with van der Waals surface area (Å²) >= 11 is 6.46. The van der Waals surface area contributed by atoms with Gasteiger partial charge in [0, 0.05) is 0 Å². The number of nitrogens with one attached hydrogen (secondary N) is 1. The summed E-state index contributed by atoms with van der Waals surface area (Å²) in [6.07, 6.45) is 1.56. The zero-order valence-corrected chi connectivity index (χ0v) is 8.35. The molecule has 2 aromatic heterocycles. The van der Waals surface area contributed by atoms with Crippen LogP contribution in [0.4, 0.5) is 0 Å². The third-order valence-corrected chi connectivity index (χ3v) is 2.82. The molecule has 56 valence electrons. The zero-order valence-electron chi connectivity index (χ0n) is 5.17. The second-order valence-electron chi connectivity index (χ2n) is 1.88. The van der Waals surface area contributed by atoms with E-state index in [9.17, 15) is 0 Å². The maximum atomic E-state index is 4.12. The molecule has 0 aromatic carbocycles. The molecule has 2 heterocycles. The van der Waals surface area contributed by atoms with Gasteiger partial charge in [-0.25, -0.2) is 15.0 Å². The lowest BCUT2D eigenvalue weighted by Gasteiger charge is -1.91. The minimum atomic E-state index is 0.611. The first-order chi connectivity index (χ1) is 5.27. The van der Waals surface area contributed by atoms with E-state index in [-0.39, 0.29) is 0 Å². The van der Waals surface area contributed by atoms with Crippen molar-refractivity contribution in [3.05, 3.63) is 15.5 Å². The fourth-order valence-corrected chi connectivity index (χ4v) is 1.25. The largest absolute Gasteiger partial charge is 0.328 e. The van der Waals surface area contributed by atoms with E-state index in [1.807, 2.05) is 0 Å². The molecular formula is C5H2Br2N4. The smallest absolute Gasteiger partial charge is 0.198 e. The van der Waals surface area contributed by atoms with Gasteiger partial charge in [0.25, 0.3) is 0 Å². The number of fused-ring (bicyclic) bond motifs is 1. The number of nitrogens with zero attached hydrogens (tertiary/aromatic N) is 3. The number of rotatable bonds is 0. The Morgan fingerprint density at radius 1 is 1.18 bits per heavy atom. The first-order valence-corrected chi connectivity index (χ1v) is 4.38. The topological polar surface area (TPSA) is 54.5 Å². The van der Waals surface area contributed by atoms with Gasteiger partial charge >= 0.3 is 0 Å². The van der Waals surface area contributed by atoms with E-state index in [1.165, 1.54) is 0 Å². The Bertz CT molecular complexity index is 360. The van der Waals surface area contributed by atoms with Crippen molar-refractivity contribution in [2.45, 2.75) is 0 Å². The van der Waals surface area contributed by atoms with E-state index in [0.717, 1.165) is 0 Å². The Morgan fingerprint density at radius 3 is 2.73 bits per heavy atom. The van der Waals surface area contributed by atoms with E-state index in [4.69, 9.17) is 0 Å². The van der Waals surface area contributed by atoms with Crippen LogP contribution in [0.3, 0.4) is 0 Å². The van der Waals surface area contributed by atoms with Crippen molar-refractivity contribution >= 4 is 43.2 Å². The number of hydrogen-bond donors (Lipinski definition) is 1. The maximum Gasteiger partial charge on any atom is 0.198 e. The fourth-order valence-electron chi connectivity index (χ4n) is 0.728. The molecule has 2 aromatic rings. The van der Waals surface area contributed by atoms with E-state index in [0.29, 0.717) is 20.5 Å². The van der Waals surface area contributed by atoms with E-state index >= 15 is 0 Å². The van der Waals surface area contributed by atoms with Crippen molar-refractivity contribution in [1.29, 1.82) is 0 Å². The Morgan fingerprint density at radius 2 is 1.91 bits per heavy atom. The molecule has 0 aliphatic heterocycles. The number of aromatic nitrogens is 4. The second-order valence-corrected chi connectivity index (χ2v) is 3.38. The molecule has 0 aliphatic rings. The molecule has 11 heavy (non-hydrogen) atoms. The quantitative estimate of drug-likeness (QED) is 0.800. The standard InChI is InChI=1S/C5H2Br2N4/c6-2-3(7)11-5-4(10-2)8-1-9-5/h1H,(H,8,9,10,11). The minimum absolute atomic E-state index is 0.611. The summed E-state index contributed by atoms with van der Waals surface area (Å²) in [7, 11) is 0. The molecule has 1 N–H and O–H groups in total. The van der Waals surface area contributed by atoms with Gasteiger partial charge < -0.3 is 4.98 Å². The SMILES string of the molecule is Brc1nc2nc[nH]c2nc1Br. The molecule has 0 bridgehead atoms. The summed E-state index contributed by atoms with van der Waals surface area (Å²) in [5, 5.41) is 0. The third-order valence-electron chi connectivity index (χ3n) is 1.18. The van der Waals surface area contributed by atoms with E-state index < -0.39 is 0 Å². The lowest BCUT2D eigenvalue weighted by molar-refractivity contribution is 1.18. The molecule has 0 atom stereocenters. The third kappa shape index (κ3) is 1.16. The Balaban J connectivity index is 2.86. The maximum absolute atomic E-state index is 4.12. The summed E-state index contributed by atoms with van der Waals surface area (Å²) in [6.45, 7) is 0. The lowest BCUT2D eigenvalue weighted by atomic mass is 10.7. The van der Waals surface area contributed by atoms with Crippen molar-refractivity contribution in [1.82, 2.24) is 19.9 Å². The van der Waals surface area contributed by atoms with Crippen LogP contribution in [-0.2, 0) is 0 Å². The molecule has 0 amide bonds. The van der Waals surface area contributed by atoms with Crippen LogP contribution < -0.4 is 0 Å². The lowest BCUT2D eigenvalue weighted by Crippen LogP contribution is -1.85. The molecule has 0 saturated carbocycles. The van der Waals surface area contributed by atoms with Crippen LogP contribution in [0, 0.1) is 0 Å². The average Bonchev–Trinajstić information content (AvgIpc) is 2.36. The Hall–Kier alpha value is -0.490. The van der Waals surface area contributed by atoms with E-state index in [1.54, 1.807) is 6.33 Å². The molecule has 0 aliphatic carbocycles. The summed E-state index contributed by atoms with van der Waals surface area (Å²) in [6, 6.07) is 0. The molecule has 0 fully saturated rings. The molecule has 0 spiro atoms. The zero-order chi connectivity index (χ0) is 7.84. The van der Waals surface area contributed by atoms with Gasteiger partial charge in [-0.1, -0.05) is 0 Å². The molecule has 0 unspecified atom stereocenters. The van der Waals surface area contributed by atoms with Crippen molar-refractivity contribution in [2.24, 2.45) is 0 Å². The van der Waals surface area contributed by atoms with Crippen LogP contribution in [0.1, 0.15) is 0 Å². The molecule has 4 nitrogen and oxygen atoms in total. The molecular weight excluding hydrogens is 276 g/mol. The van der Waals surface area contributed by atoms with Crippen molar-refractivity contribution in [2.75, 3.05) is 0 Å². The predicted molar refractivity (Wildman–Crippen MR) is 47.1 cm³/mol. The highest BCUT2D eigenvalue weighted by molar-refractivity contribution is 9.13. The number of halogens is 2. The normalized spacial score (nSPS) is 10.7. The van der Waals surface area contributed by atoms with Crippen LogP contribution in [0.15, 0.2) is 15.5 Å².